The average molecular weight is 791 g/mol. The van der Waals surface area contributed by atoms with Crippen LogP contribution < -0.4 is 19.7 Å². The first-order valence-corrected chi connectivity index (χ1v) is 19.6. The lowest BCUT2D eigenvalue weighted by Crippen LogP contribution is -2.37. The molecule has 0 saturated carbocycles. The summed E-state index contributed by atoms with van der Waals surface area (Å²) < 4.78 is 12.9. The monoisotopic (exact) mass is 789 g/mol. The molecule has 9 heteroatoms. The van der Waals surface area contributed by atoms with Crippen LogP contribution >= 0.6 is 39.3 Å². The van der Waals surface area contributed by atoms with Crippen LogP contribution in [0.4, 0.5) is 11.4 Å². The van der Waals surface area contributed by atoms with Crippen molar-refractivity contribution in [3.63, 3.8) is 0 Å². The lowest BCUT2D eigenvalue weighted by Gasteiger charge is -2.43. The van der Waals surface area contributed by atoms with E-state index in [1.54, 1.807) is 0 Å². The first-order valence-electron chi connectivity index (χ1n) is 17.6. The number of thioether (sulfide) groups is 1. The highest BCUT2D eigenvalue weighted by Gasteiger charge is 2.35. The Kier molecular flexibility index (Phi) is 10.1. The van der Waals surface area contributed by atoms with Gasteiger partial charge < -0.3 is 19.7 Å². The van der Waals surface area contributed by atoms with Crippen LogP contribution in [-0.4, -0.2) is 30.8 Å². The number of nitrogens with zero attached hydrogens (tertiary/aromatic N) is 2. The summed E-state index contributed by atoms with van der Waals surface area (Å²) in [5.41, 5.74) is 9.14. The number of hydrogen-bond donors (Lipinski definition) is 1. The number of rotatable bonds is 9. The molecule has 1 amide bonds. The highest BCUT2D eigenvalue weighted by atomic mass is 79.9. The first-order chi connectivity index (χ1) is 25.4. The molecule has 5 aromatic carbocycles. The Bertz CT molecular complexity index is 2120. The summed E-state index contributed by atoms with van der Waals surface area (Å²) >= 11 is 11.4. The molecule has 52 heavy (non-hydrogen) atoms. The predicted molar refractivity (Wildman–Crippen MR) is 216 cm³/mol. The smallest absolute Gasteiger partial charge is 0.264 e. The number of benzene rings is 5. The van der Waals surface area contributed by atoms with Crippen LogP contribution in [0, 0.1) is 0 Å². The number of nitrogens with one attached hydrogen (secondary N) is 1. The molecule has 0 unspecified atom stereocenters. The summed E-state index contributed by atoms with van der Waals surface area (Å²) in [5.74, 6) is 1.51. The van der Waals surface area contributed by atoms with Gasteiger partial charge in [-0.05, 0) is 112 Å². The normalized spacial score (nSPS) is 19.4. The second-order valence-electron chi connectivity index (χ2n) is 13.1. The molecule has 1 N–H and O–H groups in total. The molecule has 0 spiro atoms. The number of carbonyl (C=O) groups excluding carboxylic acids is 1. The Morgan fingerprint density at radius 2 is 1.52 bits per heavy atom. The van der Waals surface area contributed by atoms with Crippen molar-refractivity contribution < 1.29 is 14.3 Å². The zero-order valence-electron chi connectivity index (χ0n) is 28.7. The van der Waals surface area contributed by atoms with E-state index in [9.17, 15) is 4.79 Å². The second-order valence-corrected chi connectivity index (χ2v) is 15.4. The number of halogens is 2. The molecule has 8 rings (SSSR count). The van der Waals surface area contributed by atoms with Crippen LogP contribution in [0.15, 0.2) is 124 Å². The Labute approximate surface area is 322 Å². The van der Waals surface area contributed by atoms with Crippen molar-refractivity contribution in [3.8, 4) is 11.5 Å². The van der Waals surface area contributed by atoms with Gasteiger partial charge in [0.05, 0.1) is 21.7 Å². The summed E-state index contributed by atoms with van der Waals surface area (Å²) in [7, 11) is 0. The van der Waals surface area contributed by atoms with Crippen molar-refractivity contribution in [1.82, 2.24) is 5.32 Å². The van der Waals surface area contributed by atoms with Crippen molar-refractivity contribution in [2.45, 2.75) is 38.2 Å². The molecule has 0 radical (unpaired) electrons. The number of ether oxygens (including phenoxy) is 2. The highest BCUT2D eigenvalue weighted by molar-refractivity contribution is 9.10. The van der Waals surface area contributed by atoms with E-state index < -0.39 is 0 Å². The van der Waals surface area contributed by atoms with E-state index in [0.29, 0.717) is 37.7 Å². The second kappa shape index (κ2) is 15.2. The number of aliphatic imine (C=N–C) groups is 1. The minimum atomic E-state index is -0.188. The maximum atomic E-state index is 13.3. The first kappa shape index (κ1) is 34.6. The zero-order chi connectivity index (χ0) is 35.6. The molecule has 1 fully saturated rings. The van der Waals surface area contributed by atoms with Crippen molar-refractivity contribution in [2.24, 2.45) is 4.99 Å². The standard InChI is InChI=1S/C43H37BrClN3O3S/c1-2-50-38-22-27(21-36(44)41(38)51-26-30-15-9-10-16-37(30)45)23-39-42(49)47-43(52-39)46-31-24-34-32(28-11-5-3-6-12-28)17-19-48-20-18-33(35(25-31)40(34)48)29-13-7-4-8-14-29/h3-16,21-25,32-33H,2,17-20,26H2,1H3,(H,46,47,49)/b39-23-/t32-,33+. The fourth-order valence-electron chi connectivity index (χ4n) is 7.49. The molecule has 2 atom stereocenters. The lowest BCUT2D eigenvalue weighted by molar-refractivity contribution is -0.115. The molecule has 0 aromatic heterocycles. The van der Waals surface area contributed by atoms with Gasteiger partial charge in [-0.1, -0.05) is 90.5 Å². The third kappa shape index (κ3) is 7.12. The van der Waals surface area contributed by atoms with Crippen molar-refractivity contribution in [2.75, 3.05) is 24.6 Å². The number of carbonyl (C=O) groups is 1. The van der Waals surface area contributed by atoms with Crippen LogP contribution in [0.25, 0.3) is 6.08 Å². The summed E-state index contributed by atoms with van der Waals surface area (Å²) in [6, 6.07) is 37.5. The molecule has 0 aliphatic carbocycles. The quantitative estimate of drug-likeness (QED) is 0.151. The van der Waals surface area contributed by atoms with Gasteiger partial charge in [0.2, 0.25) is 0 Å². The van der Waals surface area contributed by atoms with Gasteiger partial charge in [0, 0.05) is 41.2 Å². The van der Waals surface area contributed by atoms with Crippen LogP contribution in [0.1, 0.15) is 65.0 Å². The van der Waals surface area contributed by atoms with Gasteiger partial charge in [-0.25, -0.2) is 4.99 Å². The minimum absolute atomic E-state index is 0.188. The maximum absolute atomic E-state index is 13.3. The van der Waals surface area contributed by atoms with E-state index in [1.807, 2.05) is 49.4 Å². The predicted octanol–water partition coefficient (Wildman–Crippen LogP) is 10.8. The summed E-state index contributed by atoms with van der Waals surface area (Å²) in [6.07, 6.45) is 3.96. The van der Waals surface area contributed by atoms with Crippen molar-refractivity contribution >= 4 is 67.8 Å². The van der Waals surface area contributed by atoms with Gasteiger partial charge in [-0.2, -0.15) is 0 Å². The van der Waals surface area contributed by atoms with Gasteiger partial charge in [0.25, 0.3) is 5.91 Å². The molecular weight excluding hydrogens is 754 g/mol. The van der Waals surface area contributed by atoms with E-state index >= 15 is 0 Å². The summed E-state index contributed by atoms with van der Waals surface area (Å²) in [6.45, 7) is 4.74. The Morgan fingerprint density at radius 3 is 2.15 bits per heavy atom. The fourth-order valence-corrected chi connectivity index (χ4v) is 9.10. The number of amides is 1. The Balaban J connectivity index is 1.12. The molecule has 1 saturated heterocycles. The molecular formula is C43H37BrClN3O3S. The topological polar surface area (TPSA) is 63.2 Å². The van der Waals surface area contributed by atoms with Gasteiger partial charge in [-0.3, -0.25) is 4.79 Å². The van der Waals surface area contributed by atoms with Gasteiger partial charge in [0.15, 0.2) is 16.7 Å². The highest BCUT2D eigenvalue weighted by Crippen LogP contribution is 2.50. The van der Waals surface area contributed by atoms with Gasteiger partial charge in [-0.15, -0.1) is 0 Å². The molecule has 6 nitrogen and oxygen atoms in total. The summed E-state index contributed by atoms with van der Waals surface area (Å²) in [4.78, 5) is 21.5. The maximum Gasteiger partial charge on any atom is 0.264 e. The van der Waals surface area contributed by atoms with Gasteiger partial charge >= 0.3 is 0 Å². The van der Waals surface area contributed by atoms with E-state index in [0.717, 1.165) is 42.7 Å². The number of anilines is 1. The molecule has 3 aliphatic rings. The van der Waals surface area contributed by atoms with Crippen LogP contribution in [0.5, 0.6) is 11.5 Å². The van der Waals surface area contributed by atoms with Gasteiger partial charge in [0.1, 0.15) is 6.61 Å². The third-order valence-corrected chi connectivity index (χ3v) is 11.7. The van der Waals surface area contributed by atoms with E-state index in [4.69, 9.17) is 26.1 Å². The SMILES string of the molecule is CCOc1cc(/C=C2\SC(=Nc3cc4c5c(c3)[C@H](c3ccccc3)CCN5CC[C@@H]4c3ccccc3)NC2=O)cc(Br)c1OCc1ccccc1Cl. The largest absolute Gasteiger partial charge is 0.490 e. The minimum Gasteiger partial charge on any atom is -0.490 e. The average Bonchev–Trinajstić information content (AvgIpc) is 3.50. The molecule has 3 aliphatic heterocycles. The molecule has 3 heterocycles. The van der Waals surface area contributed by atoms with E-state index in [1.165, 1.54) is 39.7 Å². The van der Waals surface area contributed by atoms with Crippen molar-refractivity contribution in [1.29, 1.82) is 0 Å². The van der Waals surface area contributed by atoms with Crippen LogP contribution in [0.2, 0.25) is 5.02 Å². The van der Waals surface area contributed by atoms with Crippen LogP contribution in [-0.2, 0) is 11.4 Å². The Hall–Kier alpha value is -4.50. The fraction of sp³-hybridized carbons (Fsp3) is 0.209. The molecule has 5 aromatic rings. The Morgan fingerprint density at radius 1 is 0.885 bits per heavy atom. The van der Waals surface area contributed by atoms with E-state index in [-0.39, 0.29) is 24.3 Å². The van der Waals surface area contributed by atoms with Crippen molar-refractivity contribution in [3.05, 3.63) is 157 Å². The number of hydrogen-bond acceptors (Lipinski definition) is 6. The summed E-state index contributed by atoms with van der Waals surface area (Å²) in [5, 5.41) is 4.22. The molecule has 262 valence electrons. The van der Waals surface area contributed by atoms with E-state index in [2.05, 4.69) is 98.9 Å². The lowest BCUT2D eigenvalue weighted by atomic mass is 9.76. The number of amidine groups is 1. The van der Waals surface area contributed by atoms with Crippen LogP contribution in [0.3, 0.4) is 0 Å². The third-order valence-electron chi connectivity index (χ3n) is 9.84. The molecule has 0 bridgehead atoms. The zero-order valence-corrected chi connectivity index (χ0v) is 31.8.